The lowest BCUT2D eigenvalue weighted by Crippen LogP contribution is -2.47. The normalized spacial score (nSPS) is 19.2. The van der Waals surface area contributed by atoms with Gasteiger partial charge in [-0.15, -0.1) is 0 Å². The zero-order chi connectivity index (χ0) is 23.1. The molecule has 0 radical (unpaired) electrons. The van der Waals surface area contributed by atoms with E-state index in [1.807, 2.05) is 0 Å². The van der Waals surface area contributed by atoms with Gasteiger partial charge in [0, 0.05) is 13.0 Å². The van der Waals surface area contributed by atoms with Gasteiger partial charge in [-0.05, 0) is 35.7 Å². The van der Waals surface area contributed by atoms with Gasteiger partial charge in [0.05, 0.1) is 30.0 Å². The highest BCUT2D eigenvalue weighted by Crippen LogP contribution is 2.33. The Bertz CT molecular complexity index is 1220. The maximum absolute atomic E-state index is 13.1. The lowest BCUT2D eigenvalue weighted by atomic mass is 9.92. The van der Waals surface area contributed by atoms with Gasteiger partial charge in [-0.3, -0.25) is 28.9 Å². The van der Waals surface area contributed by atoms with Gasteiger partial charge in [0.1, 0.15) is 5.78 Å². The van der Waals surface area contributed by atoms with Crippen LogP contribution in [0.25, 0.3) is 0 Å². The molecule has 1 atom stereocenters. The number of rotatable bonds is 5. The van der Waals surface area contributed by atoms with E-state index in [0.717, 1.165) is 10.5 Å². The molecule has 1 N–H and O–H groups in total. The van der Waals surface area contributed by atoms with Crippen molar-refractivity contribution in [1.82, 2.24) is 10.2 Å². The zero-order valence-electron chi connectivity index (χ0n) is 17.6. The van der Waals surface area contributed by atoms with Gasteiger partial charge >= 0.3 is 0 Å². The summed E-state index contributed by atoms with van der Waals surface area (Å²) in [6.07, 6.45) is 0.146. The molecule has 0 bridgehead atoms. The zero-order valence-corrected chi connectivity index (χ0v) is 17.6. The number of Topliss-reactive ketones (excluding diaryl/α,β-unsaturated/α-hetero) is 2. The molecule has 0 aromatic heterocycles. The summed E-state index contributed by atoms with van der Waals surface area (Å²) in [6.45, 7) is 0.202. The average molecular weight is 448 g/mol. The summed E-state index contributed by atoms with van der Waals surface area (Å²) < 4.78 is 10.6. The standard InChI is InChI=1S/C24H20N2O7/c27-15-5-6-17(18(28)10-15)26-23(30)16-3-1-2-14(22(16)24(26)31)11-25-21(29)9-13-4-7-19-20(8-13)33-12-32-19/h1-4,7-8,17H,5-6,9-12H2,(H,25,29). The van der Waals surface area contributed by atoms with Crippen LogP contribution in [0.5, 0.6) is 11.5 Å². The fraction of sp³-hybridized carbons (Fsp3) is 0.292. The van der Waals surface area contributed by atoms with E-state index in [0.29, 0.717) is 17.1 Å². The van der Waals surface area contributed by atoms with E-state index >= 15 is 0 Å². The topological polar surface area (TPSA) is 119 Å². The third kappa shape index (κ3) is 3.75. The molecule has 3 aliphatic rings. The summed E-state index contributed by atoms with van der Waals surface area (Å²) in [6, 6.07) is 9.18. The Labute approximate surface area is 188 Å². The maximum Gasteiger partial charge on any atom is 0.262 e. The molecule has 2 aromatic rings. The Morgan fingerprint density at radius 2 is 1.85 bits per heavy atom. The van der Waals surface area contributed by atoms with Gasteiger partial charge in [0.15, 0.2) is 17.3 Å². The molecule has 9 nitrogen and oxygen atoms in total. The van der Waals surface area contributed by atoms with E-state index in [2.05, 4.69) is 5.32 Å². The number of nitrogens with zero attached hydrogens (tertiary/aromatic N) is 1. The van der Waals surface area contributed by atoms with Crippen LogP contribution in [0.2, 0.25) is 0 Å². The number of nitrogens with one attached hydrogen (secondary N) is 1. The number of ketones is 2. The van der Waals surface area contributed by atoms with Gasteiger partial charge in [-0.2, -0.15) is 0 Å². The minimum Gasteiger partial charge on any atom is -0.454 e. The lowest BCUT2D eigenvalue weighted by Gasteiger charge is -2.27. The number of hydrogen-bond donors (Lipinski definition) is 1. The number of carbonyl (C=O) groups is 5. The molecular weight excluding hydrogens is 428 g/mol. The molecule has 168 valence electrons. The van der Waals surface area contributed by atoms with Crippen molar-refractivity contribution in [1.29, 1.82) is 0 Å². The van der Waals surface area contributed by atoms with Gasteiger partial charge < -0.3 is 14.8 Å². The molecule has 2 aliphatic heterocycles. The van der Waals surface area contributed by atoms with E-state index < -0.39 is 23.6 Å². The predicted octanol–water partition coefficient (Wildman–Crippen LogP) is 1.56. The number of hydrogen-bond acceptors (Lipinski definition) is 7. The molecule has 1 fully saturated rings. The van der Waals surface area contributed by atoms with E-state index in [1.54, 1.807) is 30.3 Å². The van der Waals surface area contributed by atoms with Crippen molar-refractivity contribution in [3.63, 3.8) is 0 Å². The quantitative estimate of drug-likeness (QED) is 0.545. The number of ether oxygens (including phenoxy) is 2. The summed E-state index contributed by atoms with van der Waals surface area (Å²) >= 11 is 0. The molecule has 1 saturated carbocycles. The van der Waals surface area contributed by atoms with Crippen LogP contribution in [0.3, 0.4) is 0 Å². The first-order chi connectivity index (χ1) is 15.9. The largest absolute Gasteiger partial charge is 0.454 e. The highest BCUT2D eigenvalue weighted by atomic mass is 16.7. The van der Waals surface area contributed by atoms with Crippen molar-refractivity contribution in [3.8, 4) is 11.5 Å². The first-order valence-electron chi connectivity index (χ1n) is 10.6. The highest BCUT2D eigenvalue weighted by Gasteiger charge is 2.45. The van der Waals surface area contributed by atoms with Crippen LogP contribution in [0.4, 0.5) is 0 Å². The van der Waals surface area contributed by atoms with Crippen molar-refractivity contribution in [3.05, 3.63) is 58.7 Å². The Morgan fingerprint density at radius 3 is 2.67 bits per heavy atom. The molecule has 1 aliphatic carbocycles. The smallest absolute Gasteiger partial charge is 0.262 e. The first kappa shape index (κ1) is 20.9. The molecule has 2 heterocycles. The number of fused-ring (bicyclic) bond motifs is 2. The first-order valence-corrected chi connectivity index (χ1v) is 10.6. The lowest BCUT2D eigenvalue weighted by molar-refractivity contribution is -0.132. The van der Waals surface area contributed by atoms with Crippen LogP contribution in [0, 0.1) is 0 Å². The van der Waals surface area contributed by atoms with Crippen molar-refractivity contribution in [2.45, 2.75) is 38.3 Å². The fourth-order valence-corrected chi connectivity index (χ4v) is 4.43. The summed E-state index contributed by atoms with van der Waals surface area (Å²) in [5.41, 5.74) is 1.63. The monoisotopic (exact) mass is 448 g/mol. The Morgan fingerprint density at radius 1 is 1.03 bits per heavy atom. The second-order valence-electron chi connectivity index (χ2n) is 8.20. The van der Waals surface area contributed by atoms with Gasteiger partial charge in [-0.25, -0.2) is 0 Å². The molecule has 0 spiro atoms. The second kappa shape index (κ2) is 8.16. The SMILES string of the molecule is O=C1CCC(N2C(=O)c3cccc(CNC(=O)Cc4ccc5c(c4)OCO5)c3C2=O)C(=O)C1. The second-order valence-corrected chi connectivity index (χ2v) is 8.20. The Hall–Kier alpha value is -4.01. The van der Waals surface area contributed by atoms with Crippen molar-refractivity contribution in [2.24, 2.45) is 0 Å². The number of carbonyl (C=O) groups excluding carboxylic acids is 5. The van der Waals surface area contributed by atoms with E-state index in [-0.39, 0.29) is 61.8 Å². The molecule has 2 aromatic carbocycles. The highest BCUT2D eigenvalue weighted by molar-refractivity contribution is 6.24. The number of benzene rings is 2. The summed E-state index contributed by atoms with van der Waals surface area (Å²) in [5, 5.41) is 2.78. The molecule has 1 unspecified atom stereocenters. The number of imide groups is 1. The minimum absolute atomic E-state index is 0.0521. The Kier molecular flexibility index (Phi) is 5.16. The molecule has 5 rings (SSSR count). The van der Waals surface area contributed by atoms with Crippen molar-refractivity contribution < 1.29 is 33.4 Å². The Balaban J connectivity index is 1.29. The maximum atomic E-state index is 13.1. The number of amides is 3. The van der Waals surface area contributed by atoms with Crippen LogP contribution in [0.15, 0.2) is 36.4 Å². The van der Waals surface area contributed by atoms with Crippen LogP contribution in [0.1, 0.15) is 51.1 Å². The van der Waals surface area contributed by atoms with Crippen LogP contribution in [-0.2, 0) is 27.3 Å². The molecule has 3 amide bonds. The van der Waals surface area contributed by atoms with Crippen molar-refractivity contribution in [2.75, 3.05) is 6.79 Å². The summed E-state index contributed by atoms with van der Waals surface area (Å²) in [5.74, 6) is -0.754. The van der Waals surface area contributed by atoms with Gasteiger partial charge in [0.25, 0.3) is 11.8 Å². The summed E-state index contributed by atoms with van der Waals surface area (Å²) in [4.78, 5) is 63.4. The third-order valence-electron chi connectivity index (χ3n) is 6.06. The van der Waals surface area contributed by atoms with Crippen molar-refractivity contribution >= 4 is 29.3 Å². The van der Waals surface area contributed by atoms with E-state index in [9.17, 15) is 24.0 Å². The molecule has 33 heavy (non-hydrogen) atoms. The summed E-state index contributed by atoms with van der Waals surface area (Å²) in [7, 11) is 0. The van der Waals surface area contributed by atoms with Gasteiger partial charge in [-0.1, -0.05) is 18.2 Å². The van der Waals surface area contributed by atoms with Crippen LogP contribution < -0.4 is 14.8 Å². The average Bonchev–Trinajstić information content (AvgIpc) is 3.35. The third-order valence-corrected chi connectivity index (χ3v) is 6.06. The predicted molar refractivity (Wildman–Crippen MR) is 113 cm³/mol. The van der Waals surface area contributed by atoms with Gasteiger partial charge in [0.2, 0.25) is 12.7 Å². The molecular formula is C24H20N2O7. The van der Waals surface area contributed by atoms with Crippen LogP contribution in [-0.4, -0.2) is 47.0 Å². The molecule has 9 heteroatoms. The van der Waals surface area contributed by atoms with E-state index in [4.69, 9.17) is 9.47 Å². The van der Waals surface area contributed by atoms with Crippen LogP contribution >= 0.6 is 0 Å². The fourth-order valence-electron chi connectivity index (χ4n) is 4.43. The van der Waals surface area contributed by atoms with E-state index in [1.165, 1.54) is 6.07 Å². The molecule has 0 saturated heterocycles. The minimum atomic E-state index is -0.927.